The molecule has 0 fully saturated rings. The van der Waals surface area contributed by atoms with Crippen LogP contribution in [0.3, 0.4) is 0 Å². The number of aliphatic imine (C=N–C) groups is 1. The van der Waals surface area contributed by atoms with Gasteiger partial charge in [-0.25, -0.2) is 13.8 Å². The minimum atomic E-state index is -0.756. The van der Waals surface area contributed by atoms with Gasteiger partial charge in [-0.2, -0.15) is 0 Å². The SMILES string of the molecule is NC1=CC(=Nc2ccc(F)cc2)C(F)=CC1=O. The number of nitrogens with zero attached hydrogens (tertiary/aromatic N) is 1. The summed E-state index contributed by atoms with van der Waals surface area (Å²) < 4.78 is 26.0. The van der Waals surface area contributed by atoms with Crippen molar-refractivity contribution in [3.05, 3.63) is 53.8 Å². The number of rotatable bonds is 1. The summed E-state index contributed by atoms with van der Waals surface area (Å²) in [4.78, 5) is 15.0. The highest BCUT2D eigenvalue weighted by molar-refractivity contribution is 6.21. The van der Waals surface area contributed by atoms with Crippen LogP contribution in [0.2, 0.25) is 0 Å². The van der Waals surface area contributed by atoms with Gasteiger partial charge >= 0.3 is 0 Å². The van der Waals surface area contributed by atoms with E-state index in [1.807, 2.05) is 0 Å². The molecule has 1 aliphatic rings. The Morgan fingerprint density at radius 1 is 1.06 bits per heavy atom. The average molecular weight is 234 g/mol. The summed E-state index contributed by atoms with van der Waals surface area (Å²) in [6, 6.07) is 5.22. The van der Waals surface area contributed by atoms with E-state index in [1.165, 1.54) is 24.3 Å². The molecule has 0 radical (unpaired) electrons. The van der Waals surface area contributed by atoms with E-state index in [0.29, 0.717) is 5.69 Å². The van der Waals surface area contributed by atoms with Crippen LogP contribution in [0.25, 0.3) is 0 Å². The number of benzene rings is 1. The lowest BCUT2D eigenvalue weighted by Gasteiger charge is -2.06. The number of carbonyl (C=O) groups excluding carboxylic acids is 1. The second-order valence-electron chi connectivity index (χ2n) is 3.43. The molecule has 0 aromatic heterocycles. The van der Waals surface area contributed by atoms with Gasteiger partial charge in [0, 0.05) is 6.08 Å². The molecule has 2 N–H and O–H groups in total. The number of allylic oxidation sites excluding steroid dienone is 3. The molecule has 1 aliphatic carbocycles. The van der Waals surface area contributed by atoms with Gasteiger partial charge in [-0.3, -0.25) is 4.79 Å². The minimum Gasteiger partial charge on any atom is -0.396 e. The molecule has 0 atom stereocenters. The maximum absolute atomic E-state index is 13.4. The lowest BCUT2D eigenvalue weighted by molar-refractivity contribution is -0.111. The van der Waals surface area contributed by atoms with E-state index in [1.54, 1.807) is 0 Å². The summed E-state index contributed by atoms with van der Waals surface area (Å²) >= 11 is 0. The maximum atomic E-state index is 13.4. The molecule has 0 aliphatic heterocycles. The first-order chi connectivity index (χ1) is 8.06. The summed E-state index contributed by atoms with van der Waals surface area (Å²) in [5, 5.41) is 0. The van der Waals surface area contributed by atoms with Crippen molar-refractivity contribution in [2.45, 2.75) is 0 Å². The minimum absolute atomic E-state index is 0.0475. The number of carbonyl (C=O) groups is 1. The van der Waals surface area contributed by atoms with Gasteiger partial charge in [0.25, 0.3) is 0 Å². The topological polar surface area (TPSA) is 55.4 Å². The molecule has 17 heavy (non-hydrogen) atoms. The molecule has 5 heteroatoms. The van der Waals surface area contributed by atoms with Crippen molar-refractivity contribution in [2.24, 2.45) is 10.7 Å². The summed E-state index contributed by atoms with van der Waals surface area (Å²) in [7, 11) is 0. The molecule has 0 saturated carbocycles. The van der Waals surface area contributed by atoms with Crippen molar-refractivity contribution in [1.29, 1.82) is 0 Å². The molecule has 0 bridgehead atoms. The number of hydrogen-bond acceptors (Lipinski definition) is 3. The highest BCUT2D eigenvalue weighted by atomic mass is 19.1. The Balaban J connectivity index is 2.37. The maximum Gasteiger partial charge on any atom is 0.204 e. The standard InChI is InChI=1S/C12H8F2N2O/c13-7-1-3-8(4-2-7)16-11-6-10(15)12(17)5-9(11)14/h1-6H,15H2. The second kappa shape index (κ2) is 4.29. The molecular formula is C12H8F2N2O. The predicted molar refractivity (Wildman–Crippen MR) is 60.0 cm³/mol. The lowest BCUT2D eigenvalue weighted by atomic mass is 10.1. The molecular weight excluding hydrogens is 226 g/mol. The number of ketones is 1. The van der Waals surface area contributed by atoms with E-state index in [0.717, 1.165) is 12.2 Å². The number of halogens is 2. The molecule has 86 valence electrons. The average Bonchev–Trinajstić information content (AvgIpc) is 2.29. The molecule has 3 nitrogen and oxygen atoms in total. The van der Waals surface area contributed by atoms with Gasteiger partial charge in [-0.1, -0.05) is 0 Å². The molecule has 1 aromatic rings. The Bertz CT molecular complexity index is 556. The van der Waals surface area contributed by atoms with Gasteiger partial charge in [0.05, 0.1) is 11.4 Å². The first kappa shape index (κ1) is 11.2. The Kier molecular flexibility index (Phi) is 2.82. The van der Waals surface area contributed by atoms with Crippen LogP contribution in [-0.2, 0) is 4.79 Å². The summed E-state index contributed by atoms with van der Waals surface area (Å²) in [6.07, 6.45) is 1.93. The van der Waals surface area contributed by atoms with Crippen LogP contribution < -0.4 is 5.73 Å². The highest BCUT2D eigenvalue weighted by Gasteiger charge is 2.16. The first-order valence-electron chi connectivity index (χ1n) is 4.79. The summed E-state index contributed by atoms with van der Waals surface area (Å²) in [5.74, 6) is -1.74. The Morgan fingerprint density at radius 3 is 2.35 bits per heavy atom. The molecule has 0 heterocycles. The number of nitrogens with two attached hydrogens (primary N) is 1. The van der Waals surface area contributed by atoms with Crippen molar-refractivity contribution in [3.8, 4) is 0 Å². The highest BCUT2D eigenvalue weighted by Crippen LogP contribution is 2.18. The smallest absolute Gasteiger partial charge is 0.204 e. The van der Waals surface area contributed by atoms with Crippen molar-refractivity contribution < 1.29 is 13.6 Å². The molecule has 1 aromatic carbocycles. The summed E-state index contributed by atoms with van der Waals surface area (Å²) in [6.45, 7) is 0. The quantitative estimate of drug-likeness (QED) is 0.757. The van der Waals surface area contributed by atoms with Crippen LogP contribution in [0.15, 0.2) is 52.9 Å². The molecule has 2 rings (SSSR count). The fourth-order valence-corrected chi connectivity index (χ4v) is 1.30. The third-order valence-electron chi connectivity index (χ3n) is 2.16. The van der Waals surface area contributed by atoms with E-state index < -0.39 is 17.4 Å². The van der Waals surface area contributed by atoms with Crippen LogP contribution in [0, 0.1) is 5.82 Å². The van der Waals surface area contributed by atoms with Gasteiger partial charge in [0.15, 0.2) is 5.83 Å². The van der Waals surface area contributed by atoms with E-state index in [4.69, 9.17) is 5.73 Å². The third-order valence-corrected chi connectivity index (χ3v) is 2.16. The molecule has 0 spiro atoms. The second-order valence-corrected chi connectivity index (χ2v) is 3.43. The van der Waals surface area contributed by atoms with Crippen LogP contribution in [-0.4, -0.2) is 11.5 Å². The van der Waals surface area contributed by atoms with Crippen LogP contribution in [0.4, 0.5) is 14.5 Å². The van der Waals surface area contributed by atoms with Crippen molar-refractivity contribution in [2.75, 3.05) is 0 Å². The third kappa shape index (κ3) is 2.44. The van der Waals surface area contributed by atoms with E-state index in [2.05, 4.69) is 4.99 Å². The van der Waals surface area contributed by atoms with Gasteiger partial charge in [0.1, 0.15) is 11.5 Å². The lowest BCUT2D eigenvalue weighted by Crippen LogP contribution is -2.16. The van der Waals surface area contributed by atoms with Crippen LogP contribution >= 0.6 is 0 Å². The fourth-order valence-electron chi connectivity index (χ4n) is 1.30. The molecule has 0 amide bonds. The normalized spacial score (nSPS) is 18.0. The summed E-state index contributed by atoms with van der Waals surface area (Å²) in [5.41, 5.74) is 5.62. The van der Waals surface area contributed by atoms with Crippen molar-refractivity contribution >= 4 is 17.2 Å². The van der Waals surface area contributed by atoms with Crippen LogP contribution in [0.5, 0.6) is 0 Å². The van der Waals surface area contributed by atoms with Crippen molar-refractivity contribution in [1.82, 2.24) is 0 Å². The van der Waals surface area contributed by atoms with Gasteiger partial charge < -0.3 is 5.73 Å². The zero-order valence-electron chi connectivity index (χ0n) is 8.65. The Morgan fingerprint density at radius 2 is 1.71 bits per heavy atom. The first-order valence-corrected chi connectivity index (χ1v) is 4.79. The number of hydrogen-bond donors (Lipinski definition) is 1. The molecule has 0 unspecified atom stereocenters. The van der Waals surface area contributed by atoms with Gasteiger partial charge in [-0.05, 0) is 30.3 Å². The monoisotopic (exact) mass is 234 g/mol. The van der Waals surface area contributed by atoms with Crippen molar-refractivity contribution in [3.63, 3.8) is 0 Å². The van der Waals surface area contributed by atoms with Crippen LogP contribution in [0.1, 0.15) is 0 Å². The Hall–Kier alpha value is -2.30. The van der Waals surface area contributed by atoms with Gasteiger partial charge in [-0.15, -0.1) is 0 Å². The zero-order valence-corrected chi connectivity index (χ0v) is 8.65. The largest absolute Gasteiger partial charge is 0.396 e. The van der Waals surface area contributed by atoms with E-state index >= 15 is 0 Å². The fraction of sp³-hybridized carbons (Fsp3) is 0. The molecule has 0 saturated heterocycles. The zero-order chi connectivity index (χ0) is 12.4. The van der Waals surface area contributed by atoms with E-state index in [9.17, 15) is 13.6 Å². The Labute approximate surface area is 96.0 Å². The predicted octanol–water partition coefficient (Wildman–Crippen LogP) is 2.18. The van der Waals surface area contributed by atoms with E-state index in [-0.39, 0.29) is 11.4 Å². The van der Waals surface area contributed by atoms with Gasteiger partial charge in [0.2, 0.25) is 5.78 Å².